The summed E-state index contributed by atoms with van der Waals surface area (Å²) < 4.78 is 1.77. The predicted octanol–water partition coefficient (Wildman–Crippen LogP) is 4.42. The van der Waals surface area contributed by atoms with E-state index in [1.54, 1.807) is 21.7 Å². The first-order chi connectivity index (χ1) is 13.5. The molecule has 0 aliphatic carbocycles. The van der Waals surface area contributed by atoms with Crippen LogP contribution >= 0.6 is 11.6 Å². The number of anilines is 2. The van der Waals surface area contributed by atoms with Crippen molar-refractivity contribution < 1.29 is 9.59 Å². The third kappa shape index (κ3) is 4.44. The van der Waals surface area contributed by atoms with E-state index in [9.17, 15) is 9.59 Å². The van der Waals surface area contributed by atoms with Gasteiger partial charge in [-0.1, -0.05) is 37.1 Å². The van der Waals surface area contributed by atoms with Crippen LogP contribution in [0.1, 0.15) is 43.9 Å². The van der Waals surface area contributed by atoms with Crippen molar-refractivity contribution in [1.82, 2.24) is 9.78 Å². The number of amides is 2. The Labute approximate surface area is 170 Å². The largest absolute Gasteiger partial charge is 0.321 e. The van der Waals surface area contributed by atoms with Gasteiger partial charge in [0.2, 0.25) is 11.8 Å². The molecule has 1 saturated heterocycles. The minimum atomic E-state index is -0.282. The van der Waals surface area contributed by atoms with Gasteiger partial charge in [-0.05, 0) is 38.0 Å². The number of carbonyl (C=O) groups is 2. The van der Waals surface area contributed by atoms with Crippen LogP contribution in [0.4, 0.5) is 11.4 Å². The zero-order chi connectivity index (χ0) is 20.1. The molecule has 1 aliphatic heterocycles. The molecule has 1 N–H and O–H groups in total. The van der Waals surface area contributed by atoms with Gasteiger partial charge >= 0.3 is 0 Å². The average Bonchev–Trinajstić information content (AvgIpc) is 3.22. The maximum atomic E-state index is 12.5. The van der Waals surface area contributed by atoms with Gasteiger partial charge in [0.05, 0.1) is 17.1 Å². The van der Waals surface area contributed by atoms with Crippen LogP contribution in [-0.4, -0.2) is 28.1 Å². The zero-order valence-corrected chi connectivity index (χ0v) is 17.0. The SMILES string of the molecule is CCCCn1nc(C)c(/C=C/C(=O)Nc2ccccc2N2CCCC2=O)c1Cl. The van der Waals surface area contributed by atoms with E-state index in [4.69, 9.17) is 11.6 Å². The monoisotopic (exact) mass is 400 g/mol. The topological polar surface area (TPSA) is 67.2 Å². The highest BCUT2D eigenvalue weighted by Crippen LogP contribution is 2.29. The number of benzene rings is 1. The van der Waals surface area contributed by atoms with E-state index < -0.39 is 0 Å². The van der Waals surface area contributed by atoms with Crippen molar-refractivity contribution in [2.24, 2.45) is 0 Å². The molecule has 0 unspecified atom stereocenters. The van der Waals surface area contributed by atoms with Crippen molar-refractivity contribution in [3.05, 3.63) is 46.8 Å². The lowest BCUT2D eigenvalue weighted by molar-refractivity contribution is -0.117. The number of aromatic nitrogens is 2. The summed E-state index contributed by atoms with van der Waals surface area (Å²) in [7, 11) is 0. The second-order valence-corrected chi connectivity index (χ2v) is 7.21. The Morgan fingerprint density at radius 2 is 2.14 bits per heavy atom. The molecule has 6 nitrogen and oxygen atoms in total. The molecule has 0 radical (unpaired) electrons. The molecule has 148 valence electrons. The predicted molar refractivity (Wildman–Crippen MR) is 113 cm³/mol. The molecule has 7 heteroatoms. The number of rotatable bonds is 7. The highest BCUT2D eigenvalue weighted by Gasteiger charge is 2.24. The van der Waals surface area contributed by atoms with Gasteiger partial charge in [0.1, 0.15) is 5.15 Å². The molecule has 0 bridgehead atoms. The first-order valence-electron chi connectivity index (χ1n) is 9.62. The van der Waals surface area contributed by atoms with Crippen LogP contribution in [0.2, 0.25) is 5.15 Å². The van der Waals surface area contributed by atoms with E-state index in [0.717, 1.165) is 42.8 Å². The summed E-state index contributed by atoms with van der Waals surface area (Å²) in [5.41, 5.74) is 2.88. The molecule has 3 rings (SSSR count). The van der Waals surface area contributed by atoms with Gasteiger partial charge in [-0.15, -0.1) is 0 Å². The first-order valence-corrected chi connectivity index (χ1v) is 10.0. The number of aryl methyl sites for hydroxylation is 2. The van der Waals surface area contributed by atoms with Crippen LogP contribution in [0.3, 0.4) is 0 Å². The van der Waals surface area contributed by atoms with Crippen LogP contribution in [0.25, 0.3) is 6.08 Å². The fraction of sp³-hybridized carbons (Fsp3) is 0.381. The molecule has 2 amide bonds. The number of nitrogens with zero attached hydrogens (tertiary/aromatic N) is 3. The molecule has 2 heterocycles. The number of hydrogen-bond acceptors (Lipinski definition) is 3. The maximum Gasteiger partial charge on any atom is 0.248 e. The zero-order valence-electron chi connectivity index (χ0n) is 16.2. The number of hydrogen-bond donors (Lipinski definition) is 1. The van der Waals surface area contributed by atoms with Gasteiger partial charge in [-0.2, -0.15) is 5.10 Å². The summed E-state index contributed by atoms with van der Waals surface area (Å²) in [4.78, 5) is 26.2. The molecule has 0 atom stereocenters. The average molecular weight is 401 g/mol. The molecule has 0 spiro atoms. The number of unbranched alkanes of at least 4 members (excludes halogenated alkanes) is 1. The van der Waals surface area contributed by atoms with Gasteiger partial charge in [0, 0.05) is 31.1 Å². The lowest BCUT2D eigenvalue weighted by Gasteiger charge is -2.19. The van der Waals surface area contributed by atoms with Crippen molar-refractivity contribution in [2.75, 3.05) is 16.8 Å². The minimum absolute atomic E-state index is 0.0825. The van der Waals surface area contributed by atoms with Crippen molar-refractivity contribution in [3.63, 3.8) is 0 Å². The standard InChI is InChI=1S/C21H25ClN4O2/c1-3-4-14-26-21(22)16(15(2)24-26)11-12-19(27)23-17-8-5-6-9-18(17)25-13-7-10-20(25)28/h5-6,8-9,11-12H,3-4,7,10,13-14H2,1-2H3,(H,23,27)/b12-11+. The van der Waals surface area contributed by atoms with Crippen LogP contribution < -0.4 is 10.2 Å². The Morgan fingerprint density at radius 1 is 1.36 bits per heavy atom. The summed E-state index contributed by atoms with van der Waals surface area (Å²) >= 11 is 6.41. The fourth-order valence-electron chi connectivity index (χ4n) is 3.26. The van der Waals surface area contributed by atoms with Gasteiger partial charge < -0.3 is 10.2 Å². The molecule has 1 aliphatic rings. The molecule has 1 fully saturated rings. The highest BCUT2D eigenvalue weighted by atomic mass is 35.5. The normalized spacial score (nSPS) is 14.2. The number of para-hydroxylation sites is 2. The number of carbonyl (C=O) groups excluding carboxylic acids is 2. The summed E-state index contributed by atoms with van der Waals surface area (Å²) in [5.74, 6) is -0.199. The number of nitrogens with one attached hydrogen (secondary N) is 1. The summed E-state index contributed by atoms with van der Waals surface area (Å²) in [6.07, 6.45) is 6.57. The third-order valence-corrected chi connectivity index (χ3v) is 5.16. The second-order valence-electron chi connectivity index (χ2n) is 6.86. The fourth-order valence-corrected chi connectivity index (χ4v) is 3.59. The smallest absolute Gasteiger partial charge is 0.248 e. The Hall–Kier alpha value is -2.60. The number of halogens is 1. The van der Waals surface area contributed by atoms with Gasteiger partial charge in [-0.25, -0.2) is 0 Å². The minimum Gasteiger partial charge on any atom is -0.321 e. The van der Waals surface area contributed by atoms with Gasteiger partial charge in [0.25, 0.3) is 0 Å². The van der Waals surface area contributed by atoms with E-state index in [1.807, 2.05) is 25.1 Å². The second kappa shape index (κ2) is 9.06. The van der Waals surface area contributed by atoms with Crippen LogP contribution in [-0.2, 0) is 16.1 Å². The van der Waals surface area contributed by atoms with E-state index in [2.05, 4.69) is 17.3 Å². The van der Waals surface area contributed by atoms with Crippen molar-refractivity contribution in [1.29, 1.82) is 0 Å². The third-order valence-electron chi connectivity index (χ3n) is 4.76. The molecule has 1 aromatic heterocycles. The Balaban J connectivity index is 1.73. The molecule has 28 heavy (non-hydrogen) atoms. The van der Waals surface area contributed by atoms with E-state index in [-0.39, 0.29) is 11.8 Å². The molecular formula is C21H25ClN4O2. The lowest BCUT2D eigenvalue weighted by Crippen LogP contribution is -2.25. The summed E-state index contributed by atoms with van der Waals surface area (Å²) in [6, 6.07) is 7.34. The van der Waals surface area contributed by atoms with E-state index in [1.165, 1.54) is 6.08 Å². The van der Waals surface area contributed by atoms with Gasteiger partial charge in [-0.3, -0.25) is 14.3 Å². The summed E-state index contributed by atoms with van der Waals surface area (Å²) in [6.45, 7) is 5.42. The van der Waals surface area contributed by atoms with Gasteiger partial charge in [0.15, 0.2) is 0 Å². The highest BCUT2D eigenvalue weighted by molar-refractivity contribution is 6.31. The van der Waals surface area contributed by atoms with Crippen LogP contribution in [0.15, 0.2) is 30.3 Å². The van der Waals surface area contributed by atoms with E-state index in [0.29, 0.717) is 23.8 Å². The Bertz CT molecular complexity index is 904. The molecule has 1 aromatic carbocycles. The summed E-state index contributed by atoms with van der Waals surface area (Å²) in [5, 5.41) is 7.85. The maximum absolute atomic E-state index is 12.5. The molecular weight excluding hydrogens is 376 g/mol. The first kappa shape index (κ1) is 20.1. The van der Waals surface area contributed by atoms with Crippen molar-refractivity contribution in [2.45, 2.75) is 46.1 Å². The van der Waals surface area contributed by atoms with Crippen molar-refractivity contribution >= 4 is 40.9 Å². The van der Waals surface area contributed by atoms with E-state index >= 15 is 0 Å². The van der Waals surface area contributed by atoms with Crippen LogP contribution in [0.5, 0.6) is 0 Å². The Morgan fingerprint density at radius 3 is 2.86 bits per heavy atom. The Kier molecular flexibility index (Phi) is 6.52. The van der Waals surface area contributed by atoms with Crippen molar-refractivity contribution in [3.8, 4) is 0 Å². The van der Waals surface area contributed by atoms with Crippen LogP contribution in [0, 0.1) is 6.92 Å². The molecule has 0 saturated carbocycles. The quantitative estimate of drug-likeness (QED) is 0.699. The lowest BCUT2D eigenvalue weighted by atomic mass is 10.2. The molecule has 2 aromatic rings.